The van der Waals surface area contributed by atoms with E-state index < -0.39 is 0 Å². The van der Waals surface area contributed by atoms with Crippen molar-refractivity contribution in [3.8, 4) is 0 Å². The van der Waals surface area contributed by atoms with Crippen molar-refractivity contribution in [2.45, 2.75) is 52.9 Å². The van der Waals surface area contributed by atoms with Crippen molar-refractivity contribution in [2.24, 2.45) is 0 Å². The van der Waals surface area contributed by atoms with Crippen molar-refractivity contribution in [1.82, 2.24) is 10.9 Å². The molecule has 2 N–H and O–H groups in total. The number of fused-ring (bicyclic) bond motifs is 1. The Morgan fingerprint density at radius 3 is 2.42 bits per heavy atom. The number of hydrogen-bond donors (Lipinski definition) is 2. The van der Waals surface area contributed by atoms with Gasteiger partial charge >= 0.3 is 0 Å². The Labute approximate surface area is 145 Å². The number of rotatable bonds is 2. The number of hydrazine groups is 1. The fraction of sp³-hybridized carbons (Fsp3) is 0.444. The van der Waals surface area contributed by atoms with Gasteiger partial charge in [0.05, 0.1) is 10.4 Å². The monoisotopic (exact) mass is 346 g/mol. The van der Waals surface area contributed by atoms with Crippen LogP contribution in [-0.2, 0) is 12.8 Å². The molecule has 0 fully saturated rings. The lowest BCUT2D eigenvalue weighted by Crippen LogP contribution is -2.41. The smallest absolute Gasteiger partial charge is 0.279 e. The standard InChI is InChI=1S/C18H22N2O3S/c1-10-11(2)23-12(3)16(10)18(22)20-19-17(21)15-9-13-7-5-4-6-8-14(13)24-15/h9H,4-8H2,1-3H3,(H,19,21)(H,20,22). The van der Waals surface area contributed by atoms with Gasteiger partial charge in [-0.1, -0.05) is 6.42 Å². The minimum atomic E-state index is -0.353. The maximum atomic E-state index is 12.3. The van der Waals surface area contributed by atoms with E-state index in [0.717, 1.165) is 18.4 Å². The van der Waals surface area contributed by atoms with Gasteiger partial charge in [0, 0.05) is 10.4 Å². The molecule has 2 aromatic heterocycles. The molecule has 24 heavy (non-hydrogen) atoms. The molecule has 128 valence electrons. The highest BCUT2D eigenvalue weighted by Crippen LogP contribution is 2.28. The Kier molecular flexibility index (Phi) is 4.76. The van der Waals surface area contributed by atoms with E-state index in [1.165, 1.54) is 41.0 Å². The van der Waals surface area contributed by atoms with Crippen LogP contribution in [0.5, 0.6) is 0 Å². The number of amides is 2. The van der Waals surface area contributed by atoms with Crippen LogP contribution in [0.25, 0.3) is 0 Å². The van der Waals surface area contributed by atoms with E-state index in [1.54, 1.807) is 6.92 Å². The van der Waals surface area contributed by atoms with Crippen LogP contribution in [0, 0.1) is 20.8 Å². The van der Waals surface area contributed by atoms with Crippen LogP contribution in [0.1, 0.15) is 66.8 Å². The lowest BCUT2D eigenvalue weighted by molar-refractivity contribution is 0.0847. The molecule has 0 radical (unpaired) electrons. The summed E-state index contributed by atoms with van der Waals surface area (Å²) in [5, 5.41) is 0. The number of nitrogens with one attached hydrogen (secondary N) is 2. The largest absolute Gasteiger partial charge is 0.466 e. The summed E-state index contributed by atoms with van der Waals surface area (Å²) < 4.78 is 5.45. The number of aryl methyl sites for hydroxylation is 4. The molecular formula is C18H22N2O3S. The van der Waals surface area contributed by atoms with Crippen molar-refractivity contribution >= 4 is 23.2 Å². The van der Waals surface area contributed by atoms with E-state index in [1.807, 2.05) is 19.9 Å². The first-order valence-corrected chi connectivity index (χ1v) is 9.08. The third-order valence-electron chi connectivity index (χ3n) is 4.55. The summed E-state index contributed by atoms with van der Waals surface area (Å²) >= 11 is 1.53. The minimum absolute atomic E-state index is 0.267. The lowest BCUT2D eigenvalue weighted by atomic mass is 10.1. The number of hydrogen-bond acceptors (Lipinski definition) is 4. The quantitative estimate of drug-likeness (QED) is 0.644. The van der Waals surface area contributed by atoms with Crippen LogP contribution >= 0.6 is 11.3 Å². The van der Waals surface area contributed by atoms with Crippen molar-refractivity contribution in [2.75, 3.05) is 0 Å². The summed E-state index contributed by atoms with van der Waals surface area (Å²) in [4.78, 5) is 26.6. The summed E-state index contributed by atoms with van der Waals surface area (Å²) in [6.45, 7) is 5.39. The number of thiophene rings is 1. The van der Waals surface area contributed by atoms with Crippen LogP contribution in [-0.4, -0.2) is 11.8 Å². The molecule has 0 aliphatic heterocycles. The zero-order valence-electron chi connectivity index (χ0n) is 14.2. The number of carbonyl (C=O) groups excluding carboxylic acids is 2. The zero-order valence-corrected chi connectivity index (χ0v) is 15.1. The molecule has 1 aliphatic rings. The Morgan fingerprint density at radius 1 is 1.00 bits per heavy atom. The average molecular weight is 346 g/mol. The van der Waals surface area contributed by atoms with E-state index in [2.05, 4.69) is 10.9 Å². The topological polar surface area (TPSA) is 71.3 Å². The maximum absolute atomic E-state index is 12.3. The summed E-state index contributed by atoms with van der Waals surface area (Å²) in [5.74, 6) is 0.649. The van der Waals surface area contributed by atoms with Gasteiger partial charge in [0.25, 0.3) is 11.8 Å². The van der Waals surface area contributed by atoms with E-state index in [9.17, 15) is 9.59 Å². The molecule has 0 aromatic carbocycles. The maximum Gasteiger partial charge on any atom is 0.279 e. The molecular weight excluding hydrogens is 324 g/mol. The van der Waals surface area contributed by atoms with Gasteiger partial charge in [-0.25, -0.2) is 0 Å². The lowest BCUT2D eigenvalue weighted by Gasteiger charge is -2.06. The van der Waals surface area contributed by atoms with E-state index >= 15 is 0 Å². The molecule has 2 amide bonds. The first kappa shape index (κ1) is 16.8. The van der Waals surface area contributed by atoms with Crippen LogP contribution in [0.15, 0.2) is 10.5 Å². The molecule has 0 spiro atoms. The number of carbonyl (C=O) groups is 2. The molecule has 5 nitrogen and oxygen atoms in total. The molecule has 2 aromatic rings. The highest BCUT2D eigenvalue weighted by atomic mass is 32.1. The van der Waals surface area contributed by atoms with E-state index in [0.29, 0.717) is 22.0 Å². The molecule has 1 aliphatic carbocycles. The Bertz CT molecular complexity index is 765. The Balaban J connectivity index is 1.66. The second-order valence-corrected chi connectivity index (χ2v) is 7.38. The molecule has 2 heterocycles. The van der Waals surface area contributed by atoms with Crippen LogP contribution in [0.2, 0.25) is 0 Å². The summed E-state index contributed by atoms with van der Waals surface area (Å²) in [5.41, 5.74) is 7.57. The first-order valence-electron chi connectivity index (χ1n) is 8.26. The van der Waals surface area contributed by atoms with E-state index in [-0.39, 0.29) is 11.8 Å². The first-order chi connectivity index (χ1) is 11.5. The van der Waals surface area contributed by atoms with Gasteiger partial charge in [-0.3, -0.25) is 20.4 Å². The van der Waals surface area contributed by atoms with Crippen molar-refractivity contribution < 1.29 is 14.0 Å². The molecule has 0 atom stereocenters. The van der Waals surface area contributed by atoms with Gasteiger partial charge in [-0.15, -0.1) is 11.3 Å². The third-order valence-corrected chi connectivity index (χ3v) is 5.78. The SMILES string of the molecule is Cc1oc(C)c(C(=O)NNC(=O)c2cc3c(s2)CCCCC3)c1C. The normalized spacial score (nSPS) is 14.0. The van der Waals surface area contributed by atoms with Gasteiger partial charge in [-0.05, 0) is 58.1 Å². The minimum Gasteiger partial charge on any atom is -0.466 e. The Morgan fingerprint density at radius 2 is 1.71 bits per heavy atom. The third kappa shape index (κ3) is 3.24. The van der Waals surface area contributed by atoms with Crippen LogP contribution < -0.4 is 10.9 Å². The fourth-order valence-electron chi connectivity index (χ4n) is 3.14. The Hall–Kier alpha value is -2.08. The summed E-state index contributed by atoms with van der Waals surface area (Å²) in [7, 11) is 0. The summed E-state index contributed by atoms with van der Waals surface area (Å²) in [6.07, 6.45) is 5.70. The molecule has 3 rings (SSSR count). The van der Waals surface area contributed by atoms with Gasteiger partial charge < -0.3 is 4.42 Å². The summed E-state index contributed by atoms with van der Waals surface area (Å²) in [6, 6.07) is 1.96. The highest BCUT2D eigenvalue weighted by Gasteiger charge is 2.20. The predicted octanol–water partition coefficient (Wildman–Crippen LogP) is 3.61. The zero-order chi connectivity index (χ0) is 17.3. The van der Waals surface area contributed by atoms with Crippen molar-refractivity contribution in [3.05, 3.63) is 44.0 Å². The van der Waals surface area contributed by atoms with Gasteiger partial charge in [0.1, 0.15) is 11.5 Å². The van der Waals surface area contributed by atoms with Gasteiger partial charge in [0.15, 0.2) is 0 Å². The van der Waals surface area contributed by atoms with E-state index in [4.69, 9.17) is 4.42 Å². The van der Waals surface area contributed by atoms with Gasteiger partial charge in [0.2, 0.25) is 0 Å². The second kappa shape index (κ2) is 6.81. The van der Waals surface area contributed by atoms with Crippen molar-refractivity contribution in [1.29, 1.82) is 0 Å². The average Bonchev–Trinajstić information content (AvgIpc) is 2.97. The molecule has 0 saturated heterocycles. The predicted molar refractivity (Wildman–Crippen MR) is 93.4 cm³/mol. The second-order valence-electron chi connectivity index (χ2n) is 6.24. The fourth-order valence-corrected chi connectivity index (χ4v) is 4.29. The molecule has 0 bridgehead atoms. The van der Waals surface area contributed by atoms with Crippen LogP contribution in [0.4, 0.5) is 0 Å². The van der Waals surface area contributed by atoms with Crippen LogP contribution in [0.3, 0.4) is 0 Å². The molecule has 6 heteroatoms. The molecule has 0 saturated carbocycles. The number of furan rings is 1. The molecule has 0 unspecified atom stereocenters. The highest BCUT2D eigenvalue weighted by molar-refractivity contribution is 7.14. The van der Waals surface area contributed by atoms with Crippen molar-refractivity contribution in [3.63, 3.8) is 0 Å². The van der Waals surface area contributed by atoms with Gasteiger partial charge in [-0.2, -0.15) is 0 Å².